The number of aromatic nitrogens is 2. The van der Waals surface area contributed by atoms with Crippen LogP contribution in [0.15, 0.2) is 36.7 Å². The normalized spacial score (nSPS) is 12.2. The van der Waals surface area contributed by atoms with Crippen LogP contribution in [0.1, 0.15) is 31.1 Å². The highest BCUT2D eigenvalue weighted by Crippen LogP contribution is 2.28. The first-order chi connectivity index (χ1) is 10.2. The lowest BCUT2D eigenvalue weighted by Gasteiger charge is -2.18. The Kier molecular flexibility index (Phi) is 5.08. The van der Waals surface area contributed by atoms with Crippen LogP contribution in [0.3, 0.4) is 0 Å². The van der Waals surface area contributed by atoms with E-state index in [1.165, 1.54) is 0 Å². The van der Waals surface area contributed by atoms with E-state index in [0.717, 1.165) is 11.3 Å². The fourth-order valence-electron chi connectivity index (χ4n) is 2.06. The number of hydrogen-bond acceptors (Lipinski definition) is 6. The summed E-state index contributed by atoms with van der Waals surface area (Å²) < 4.78 is 11.0. The summed E-state index contributed by atoms with van der Waals surface area (Å²) in [7, 11) is 1.55. The first-order valence-corrected chi connectivity index (χ1v) is 6.73. The second-order valence-corrected chi connectivity index (χ2v) is 4.79. The highest BCUT2D eigenvalue weighted by Gasteiger charge is 2.20. The van der Waals surface area contributed by atoms with Gasteiger partial charge in [0.1, 0.15) is 11.4 Å². The molecular weight excluding hydrogens is 268 g/mol. The van der Waals surface area contributed by atoms with Crippen molar-refractivity contribution in [2.24, 2.45) is 5.84 Å². The number of nitrogens with zero attached hydrogens (tertiary/aromatic N) is 2. The molecule has 0 saturated heterocycles. The minimum atomic E-state index is -0.329. The van der Waals surface area contributed by atoms with Crippen molar-refractivity contribution in [1.29, 1.82) is 0 Å². The number of nitrogens with one attached hydrogen (secondary N) is 1. The fourth-order valence-corrected chi connectivity index (χ4v) is 2.06. The first-order valence-electron chi connectivity index (χ1n) is 6.73. The minimum Gasteiger partial charge on any atom is -0.491 e. The molecule has 1 aromatic heterocycles. The molecule has 2 rings (SSSR count). The van der Waals surface area contributed by atoms with Crippen molar-refractivity contribution in [3.05, 3.63) is 47.9 Å². The van der Waals surface area contributed by atoms with E-state index < -0.39 is 0 Å². The van der Waals surface area contributed by atoms with Crippen LogP contribution < -0.4 is 20.7 Å². The molecule has 0 saturated carbocycles. The molecule has 1 aromatic carbocycles. The van der Waals surface area contributed by atoms with Crippen molar-refractivity contribution < 1.29 is 9.47 Å². The van der Waals surface area contributed by atoms with Crippen LogP contribution >= 0.6 is 0 Å². The van der Waals surface area contributed by atoms with Crippen LogP contribution in [0.5, 0.6) is 11.6 Å². The van der Waals surface area contributed by atoms with Crippen LogP contribution in [0.25, 0.3) is 0 Å². The Morgan fingerprint density at radius 2 is 1.95 bits per heavy atom. The number of hydrogen-bond donors (Lipinski definition) is 2. The van der Waals surface area contributed by atoms with Gasteiger partial charge in [-0.15, -0.1) is 0 Å². The second kappa shape index (κ2) is 7.01. The van der Waals surface area contributed by atoms with Gasteiger partial charge < -0.3 is 9.47 Å². The van der Waals surface area contributed by atoms with Gasteiger partial charge in [0.15, 0.2) is 0 Å². The Bertz CT molecular complexity index is 589. The molecule has 1 atom stereocenters. The summed E-state index contributed by atoms with van der Waals surface area (Å²) in [6, 6.07) is 7.37. The standard InChI is InChI=1S/C15H20N4O2/c1-10(2)21-12-6-4-5-11(9-12)13(19-16)14-15(20-3)18-8-7-17-14/h4-10,13,19H,16H2,1-3H3. The third kappa shape index (κ3) is 3.68. The van der Waals surface area contributed by atoms with Gasteiger partial charge in [0.2, 0.25) is 5.88 Å². The summed E-state index contributed by atoms with van der Waals surface area (Å²) in [6.07, 6.45) is 3.29. The van der Waals surface area contributed by atoms with Gasteiger partial charge >= 0.3 is 0 Å². The molecule has 6 heteroatoms. The Balaban J connectivity index is 2.37. The summed E-state index contributed by atoms with van der Waals surface area (Å²) >= 11 is 0. The number of hydrazine groups is 1. The van der Waals surface area contributed by atoms with Gasteiger partial charge in [-0.2, -0.15) is 0 Å². The number of nitrogens with two attached hydrogens (primary N) is 1. The maximum absolute atomic E-state index is 5.71. The molecule has 0 bridgehead atoms. The average Bonchev–Trinajstić information content (AvgIpc) is 2.48. The zero-order chi connectivity index (χ0) is 15.2. The molecule has 2 aromatic rings. The highest BCUT2D eigenvalue weighted by molar-refractivity contribution is 5.37. The summed E-state index contributed by atoms with van der Waals surface area (Å²) in [6.45, 7) is 3.97. The van der Waals surface area contributed by atoms with Gasteiger partial charge in [0.25, 0.3) is 0 Å². The molecule has 1 unspecified atom stereocenters. The molecule has 0 aliphatic carbocycles. The fraction of sp³-hybridized carbons (Fsp3) is 0.333. The van der Waals surface area contributed by atoms with E-state index in [1.54, 1.807) is 19.5 Å². The number of benzene rings is 1. The summed E-state index contributed by atoms with van der Waals surface area (Å²) in [4.78, 5) is 8.47. The summed E-state index contributed by atoms with van der Waals surface area (Å²) in [5, 5.41) is 0. The van der Waals surface area contributed by atoms with Gasteiger partial charge in [0.05, 0.1) is 19.3 Å². The van der Waals surface area contributed by atoms with E-state index in [-0.39, 0.29) is 12.1 Å². The van der Waals surface area contributed by atoms with Gasteiger partial charge in [0, 0.05) is 12.4 Å². The molecule has 0 aliphatic heterocycles. The van der Waals surface area contributed by atoms with Crippen LogP contribution in [-0.2, 0) is 0 Å². The molecule has 1 heterocycles. The third-order valence-corrected chi connectivity index (χ3v) is 2.89. The van der Waals surface area contributed by atoms with Crippen molar-refractivity contribution in [2.75, 3.05) is 7.11 Å². The van der Waals surface area contributed by atoms with Gasteiger partial charge in [-0.05, 0) is 31.5 Å². The monoisotopic (exact) mass is 288 g/mol. The Labute approximate surface area is 124 Å². The molecule has 0 amide bonds. The van der Waals surface area contributed by atoms with E-state index in [2.05, 4.69) is 15.4 Å². The van der Waals surface area contributed by atoms with E-state index in [0.29, 0.717) is 11.6 Å². The molecule has 21 heavy (non-hydrogen) atoms. The quantitative estimate of drug-likeness (QED) is 0.623. The molecule has 6 nitrogen and oxygen atoms in total. The predicted octanol–water partition coefficient (Wildman–Crippen LogP) is 1.83. The average molecular weight is 288 g/mol. The van der Waals surface area contributed by atoms with Gasteiger partial charge in [-0.25, -0.2) is 10.4 Å². The molecule has 112 valence electrons. The molecule has 0 radical (unpaired) electrons. The van der Waals surface area contributed by atoms with Crippen molar-refractivity contribution in [1.82, 2.24) is 15.4 Å². The maximum atomic E-state index is 5.71. The first kappa shape index (κ1) is 15.2. The van der Waals surface area contributed by atoms with Crippen molar-refractivity contribution >= 4 is 0 Å². The SMILES string of the molecule is COc1nccnc1C(NN)c1cccc(OC(C)C)c1. The van der Waals surface area contributed by atoms with E-state index in [9.17, 15) is 0 Å². The predicted molar refractivity (Wildman–Crippen MR) is 80.0 cm³/mol. The van der Waals surface area contributed by atoms with Crippen molar-refractivity contribution in [3.63, 3.8) is 0 Å². The van der Waals surface area contributed by atoms with Crippen LogP contribution in [0.4, 0.5) is 0 Å². The number of rotatable bonds is 6. The molecule has 0 aliphatic rings. The van der Waals surface area contributed by atoms with Crippen LogP contribution in [0, 0.1) is 0 Å². The molecular formula is C15H20N4O2. The van der Waals surface area contributed by atoms with E-state index >= 15 is 0 Å². The largest absolute Gasteiger partial charge is 0.491 e. The number of ether oxygens (including phenoxy) is 2. The second-order valence-electron chi connectivity index (χ2n) is 4.79. The van der Waals surface area contributed by atoms with E-state index in [4.69, 9.17) is 15.3 Å². The van der Waals surface area contributed by atoms with Crippen molar-refractivity contribution in [2.45, 2.75) is 26.0 Å². The zero-order valence-electron chi connectivity index (χ0n) is 12.4. The highest BCUT2D eigenvalue weighted by atomic mass is 16.5. The lowest BCUT2D eigenvalue weighted by molar-refractivity contribution is 0.242. The lowest BCUT2D eigenvalue weighted by atomic mass is 10.0. The van der Waals surface area contributed by atoms with Crippen LogP contribution in [-0.4, -0.2) is 23.2 Å². The lowest BCUT2D eigenvalue weighted by Crippen LogP contribution is -2.30. The van der Waals surface area contributed by atoms with Gasteiger partial charge in [-0.1, -0.05) is 12.1 Å². The van der Waals surface area contributed by atoms with Gasteiger partial charge in [-0.3, -0.25) is 10.8 Å². The smallest absolute Gasteiger partial charge is 0.237 e. The summed E-state index contributed by atoms with van der Waals surface area (Å²) in [5.41, 5.74) is 4.31. The zero-order valence-corrected chi connectivity index (χ0v) is 12.4. The molecule has 0 fully saturated rings. The Morgan fingerprint density at radius 3 is 2.62 bits per heavy atom. The molecule has 0 spiro atoms. The topological polar surface area (TPSA) is 82.3 Å². The van der Waals surface area contributed by atoms with E-state index in [1.807, 2.05) is 38.1 Å². The van der Waals surface area contributed by atoms with Crippen LogP contribution in [0.2, 0.25) is 0 Å². The number of methoxy groups -OCH3 is 1. The molecule has 3 N–H and O–H groups in total. The summed E-state index contributed by atoms with van der Waals surface area (Å²) in [5.74, 6) is 6.92. The Morgan fingerprint density at radius 1 is 1.19 bits per heavy atom. The third-order valence-electron chi connectivity index (χ3n) is 2.89. The minimum absolute atomic E-state index is 0.107. The van der Waals surface area contributed by atoms with Crippen molar-refractivity contribution in [3.8, 4) is 11.6 Å². The Hall–Kier alpha value is -2.18. The maximum Gasteiger partial charge on any atom is 0.237 e.